The second kappa shape index (κ2) is 6.48. The van der Waals surface area contributed by atoms with Gasteiger partial charge in [0.1, 0.15) is 0 Å². The van der Waals surface area contributed by atoms with E-state index in [1.165, 1.54) is 0 Å². The Balaban J connectivity index is 2.42. The summed E-state index contributed by atoms with van der Waals surface area (Å²) in [6, 6.07) is 1.92. The first kappa shape index (κ1) is 13.0. The minimum atomic E-state index is 0.0565. The van der Waals surface area contributed by atoms with Crippen LogP contribution in [0.4, 0.5) is 0 Å². The molecule has 0 aromatic carbocycles. The first-order chi connectivity index (χ1) is 7.17. The predicted molar refractivity (Wildman–Crippen MR) is 73.4 cm³/mol. The molecule has 15 heavy (non-hydrogen) atoms. The Labute approximate surface area is 109 Å². The highest BCUT2D eigenvalue weighted by Crippen LogP contribution is 2.16. The number of amides is 1. The Bertz CT molecular complexity index is 320. The number of hydrogen-bond donors (Lipinski definition) is 1. The molecule has 1 amide bonds. The molecule has 1 aromatic rings. The summed E-state index contributed by atoms with van der Waals surface area (Å²) in [4.78, 5) is 11.7. The molecule has 1 rings (SSSR count). The molecule has 4 heteroatoms. The van der Waals surface area contributed by atoms with Gasteiger partial charge in [-0.3, -0.25) is 4.79 Å². The average Bonchev–Trinajstić information content (AvgIpc) is 2.66. The molecule has 0 saturated heterocycles. The molecule has 0 saturated carbocycles. The van der Waals surface area contributed by atoms with Crippen molar-refractivity contribution in [3.8, 4) is 0 Å². The first-order valence-electron chi connectivity index (χ1n) is 5.19. The van der Waals surface area contributed by atoms with E-state index in [0.717, 1.165) is 27.8 Å². The van der Waals surface area contributed by atoms with Crippen molar-refractivity contribution in [3.63, 3.8) is 0 Å². The van der Waals surface area contributed by atoms with Crippen LogP contribution >= 0.6 is 33.9 Å². The van der Waals surface area contributed by atoms with Gasteiger partial charge in [0.25, 0.3) is 5.91 Å². The lowest BCUT2D eigenvalue weighted by Gasteiger charge is -2.12. The highest BCUT2D eigenvalue weighted by Gasteiger charge is 2.09. The molecule has 0 fully saturated rings. The van der Waals surface area contributed by atoms with Crippen LogP contribution in [-0.2, 0) is 0 Å². The van der Waals surface area contributed by atoms with Gasteiger partial charge in [0.05, 0.1) is 8.45 Å². The fourth-order valence-electron chi connectivity index (χ4n) is 1.35. The molecule has 0 aliphatic carbocycles. The van der Waals surface area contributed by atoms with Gasteiger partial charge in [-0.15, -0.1) is 11.3 Å². The number of rotatable bonds is 5. The van der Waals surface area contributed by atoms with Gasteiger partial charge in [-0.25, -0.2) is 0 Å². The summed E-state index contributed by atoms with van der Waals surface area (Å²) in [5.41, 5.74) is 0.787. The molecular formula is C11H16INOS. The van der Waals surface area contributed by atoms with Crippen LogP contribution in [-0.4, -0.2) is 12.5 Å². The Hall–Kier alpha value is -0.100. The second-order valence-electron chi connectivity index (χ2n) is 3.53. The van der Waals surface area contributed by atoms with E-state index in [1.54, 1.807) is 11.3 Å². The van der Waals surface area contributed by atoms with Gasteiger partial charge in [-0.1, -0.05) is 26.7 Å². The fraction of sp³-hybridized carbons (Fsp3) is 0.545. The third-order valence-corrected chi connectivity index (χ3v) is 4.32. The molecule has 2 nitrogen and oxygen atoms in total. The summed E-state index contributed by atoms with van der Waals surface area (Å²) in [6.07, 6.45) is 2.25. The summed E-state index contributed by atoms with van der Waals surface area (Å²) in [5, 5.41) is 4.89. The lowest BCUT2D eigenvalue weighted by Crippen LogP contribution is -2.28. The van der Waals surface area contributed by atoms with E-state index in [4.69, 9.17) is 0 Å². The maximum atomic E-state index is 11.7. The Morgan fingerprint density at radius 2 is 2.20 bits per heavy atom. The number of nitrogens with one attached hydrogen (secondary N) is 1. The highest BCUT2D eigenvalue weighted by molar-refractivity contribution is 14.1. The average molecular weight is 337 g/mol. The molecule has 1 heterocycles. The summed E-state index contributed by atoms with van der Waals surface area (Å²) in [5.74, 6) is 0.660. The molecule has 0 atom stereocenters. The van der Waals surface area contributed by atoms with Crippen LogP contribution in [0.2, 0.25) is 0 Å². The van der Waals surface area contributed by atoms with Crippen molar-refractivity contribution in [1.82, 2.24) is 5.32 Å². The van der Waals surface area contributed by atoms with Crippen LogP contribution in [0.15, 0.2) is 11.4 Å². The van der Waals surface area contributed by atoms with E-state index in [1.807, 2.05) is 11.4 Å². The van der Waals surface area contributed by atoms with Gasteiger partial charge < -0.3 is 5.32 Å². The maximum Gasteiger partial charge on any atom is 0.252 e. The van der Waals surface area contributed by atoms with Gasteiger partial charge >= 0.3 is 0 Å². The Morgan fingerprint density at radius 1 is 1.53 bits per heavy atom. The molecular weight excluding hydrogens is 321 g/mol. The Morgan fingerprint density at radius 3 is 2.67 bits per heavy atom. The van der Waals surface area contributed by atoms with Crippen LogP contribution in [0, 0.1) is 8.80 Å². The lowest BCUT2D eigenvalue weighted by atomic mass is 10.0. The van der Waals surface area contributed by atoms with Crippen LogP contribution in [0.25, 0.3) is 0 Å². The largest absolute Gasteiger partial charge is 0.352 e. The van der Waals surface area contributed by atoms with Crippen molar-refractivity contribution >= 4 is 39.8 Å². The second-order valence-corrected chi connectivity index (χ2v) is 6.34. The van der Waals surface area contributed by atoms with Gasteiger partial charge in [-0.2, -0.15) is 0 Å². The topological polar surface area (TPSA) is 29.1 Å². The number of carbonyl (C=O) groups is 1. The zero-order valence-electron chi connectivity index (χ0n) is 9.05. The van der Waals surface area contributed by atoms with Gasteiger partial charge in [0, 0.05) is 11.9 Å². The molecule has 84 valence electrons. The summed E-state index contributed by atoms with van der Waals surface area (Å²) in [7, 11) is 0. The molecule has 0 aliphatic rings. The Kier molecular flexibility index (Phi) is 5.60. The minimum absolute atomic E-state index is 0.0565. The van der Waals surface area contributed by atoms with Gasteiger partial charge in [0.15, 0.2) is 0 Å². The lowest BCUT2D eigenvalue weighted by molar-refractivity contribution is 0.0947. The van der Waals surface area contributed by atoms with Crippen molar-refractivity contribution in [2.75, 3.05) is 6.54 Å². The standard InChI is InChI=1S/C11H16INOS/c1-3-8(4-2)6-13-11(14)9-5-10(12)15-7-9/h5,7-8H,3-4,6H2,1-2H3,(H,13,14). The molecule has 0 unspecified atom stereocenters. The van der Waals surface area contributed by atoms with Crippen molar-refractivity contribution in [1.29, 1.82) is 0 Å². The van der Waals surface area contributed by atoms with Crippen molar-refractivity contribution in [2.45, 2.75) is 26.7 Å². The van der Waals surface area contributed by atoms with Gasteiger partial charge in [0.2, 0.25) is 0 Å². The van der Waals surface area contributed by atoms with E-state index in [-0.39, 0.29) is 5.91 Å². The van der Waals surface area contributed by atoms with Crippen LogP contribution < -0.4 is 5.32 Å². The summed E-state index contributed by atoms with van der Waals surface area (Å²) >= 11 is 3.83. The van der Waals surface area contributed by atoms with E-state index in [9.17, 15) is 4.79 Å². The predicted octanol–water partition coefficient (Wildman–Crippen LogP) is 3.52. The molecule has 1 N–H and O–H groups in total. The van der Waals surface area contributed by atoms with Gasteiger partial charge in [-0.05, 0) is 34.6 Å². The normalized spacial score (nSPS) is 10.7. The number of thiophene rings is 1. The smallest absolute Gasteiger partial charge is 0.252 e. The quantitative estimate of drug-likeness (QED) is 0.819. The van der Waals surface area contributed by atoms with Crippen LogP contribution in [0.3, 0.4) is 0 Å². The maximum absolute atomic E-state index is 11.7. The molecule has 0 bridgehead atoms. The molecule has 0 aliphatic heterocycles. The van der Waals surface area contributed by atoms with E-state index in [0.29, 0.717) is 5.92 Å². The van der Waals surface area contributed by atoms with Crippen molar-refractivity contribution < 1.29 is 4.79 Å². The molecule has 0 spiro atoms. The molecule has 0 radical (unpaired) electrons. The highest BCUT2D eigenvalue weighted by atomic mass is 127. The fourth-order valence-corrected chi connectivity index (χ4v) is 2.67. The van der Waals surface area contributed by atoms with Crippen LogP contribution in [0.1, 0.15) is 37.0 Å². The molecule has 1 aromatic heterocycles. The zero-order chi connectivity index (χ0) is 11.3. The first-order valence-corrected chi connectivity index (χ1v) is 7.15. The number of halogens is 1. The monoisotopic (exact) mass is 337 g/mol. The van der Waals surface area contributed by atoms with E-state index >= 15 is 0 Å². The summed E-state index contributed by atoms with van der Waals surface area (Å²) in [6.45, 7) is 5.11. The van der Waals surface area contributed by atoms with Crippen molar-refractivity contribution in [2.24, 2.45) is 5.92 Å². The third kappa shape index (κ3) is 4.10. The number of hydrogen-bond acceptors (Lipinski definition) is 2. The van der Waals surface area contributed by atoms with E-state index in [2.05, 4.69) is 41.8 Å². The van der Waals surface area contributed by atoms with Crippen LogP contribution in [0.5, 0.6) is 0 Å². The number of carbonyl (C=O) groups excluding carboxylic acids is 1. The SMILES string of the molecule is CCC(CC)CNC(=O)c1csc(I)c1. The minimum Gasteiger partial charge on any atom is -0.352 e. The zero-order valence-corrected chi connectivity index (χ0v) is 12.0. The summed E-state index contributed by atoms with van der Waals surface area (Å²) < 4.78 is 1.15. The van der Waals surface area contributed by atoms with E-state index < -0.39 is 0 Å². The van der Waals surface area contributed by atoms with Crippen molar-refractivity contribution in [3.05, 3.63) is 19.9 Å². The third-order valence-electron chi connectivity index (χ3n) is 2.54.